The van der Waals surface area contributed by atoms with Crippen LogP contribution in [0.2, 0.25) is 0 Å². The maximum atomic E-state index is 5.32. The van der Waals surface area contributed by atoms with Crippen molar-refractivity contribution in [2.45, 2.75) is 19.3 Å². The van der Waals surface area contributed by atoms with Gasteiger partial charge in [-0.2, -0.15) is 0 Å². The summed E-state index contributed by atoms with van der Waals surface area (Å²) in [5.74, 6) is 0. The zero-order valence-electron chi connectivity index (χ0n) is 22.9. The number of rotatable bonds is 4. The van der Waals surface area contributed by atoms with Crippen molar-refractivity contribution >= 4 is 50.0 Å². The Labute approximate surface area is 237 Å². The van der Waals surface area contributed by atoms with Gasteiger partial charge in [-0.15, -0.1) is 0 Å². The molecule has 0 amide bonds. The second kappa shape index (κ2) is 8.89. The molecule has 41 heavy (non-hydrogen) atoms. The van der Waals surface area contributed by atoms with Gasteiger partial charge in [-0.1, -0.05) is 56.3 Å². The molecule has 0 radical (unpaired) electrons. The highest BCUT2D eigenvalue weighted by Gasteiger charge is 2.27. The second-order valence-corrected chi connectivity index (χ2v) is 11.1. The fraction of sp³-hybridized carbons (Fsp3) is 0.114. The van der Waals surface area contributed by atoms with Crippen LogP contribution in [0.1, 0.15) is 25.1 Å². The Kier molecular flexibility index (Phi) is 5.13. The quantitative estimate of drug-likeness (QED) is 0.218. The molecule has 0 saturated heterocycles. The fourth-order valence-electron chi connectivity index (χ4n) is 5.98. The lowest BCUT2D eigenvalue weighted by Gasteiger charge is -2.27. The van der Waals surface area contributed by atoms with Gasteiger partial charge in [-0.25, -0.2) is 9.97 Å². The number of nitrogens with zero attached hydrogens (tertiary/aromatic N) is 6. The van der Waals surface area contributed by atoms with E-state index in [1.165, 1.54) is 11.3 Å². The summed E-state index contributed by atoms with van der Waals surface area (Å²) >= 11 is 0. The largest absolute Gasteiger partial charge is 0.328 e. The Balaban J connectivity index is 1.23. The van der Waals surface area contributed by atoms with Crippen LogP contribution in [0.15, 0.2) is 122 Å². The Morgan fingerprint density at radius 3 is 2.32 bits per heavy atom. The van der Waals surface area contributed by atoms with Gasteiger partial charge in [0.25, 0.3) is 0 Å². The first kappa shape index (κ1) is 23.6. The molecule has 4 aromatic heterocycles. The number of benzene rings is 3. The minimum absolute atomic E-state index is 0.334. The van der Waals surface area contributed by atoms with Crippen LogP contribution < -0.4 is 9.80 Å². The monoisotopic (exact) mass is 532 g/mol. The highest BCUT2D eigenvalue weighted by molar-refractivity contribution is 6.10. The van der Waals surface area contributed by atoms with Crippen LogP contribution in [-0.2, 0) is 5.41 Å². The molecular formula is C35H28N6. The van der Waals surface area contributed by atoms with Gasteiger partial charge in [-0.05, 0) is 66.2 Å². The summed E-state index contributed by atoms with van der Waals surface area (Å²) in [4.78, 5) is 19.6. The van der Waals surface area contributed by atoms with Gasteiger partial charge >= 0.3 is 0 Å². The number of anilines is 2. The number of fused-ring (bicyclic) bond motifs is 8. The molecule has 6 heteroatoms. The number of imidazole rings is 1. The van der Waals surface area contributed by atoms with Gasteiger partial charge in [0, 0.05) is 40.8 Å². The van der Waals surface area contributed by atoms with E-state index in [1.54, 1.807) is 0 Å². The number of para-hydroxylation sites is 3. The Hall–Kier alpha value is -5.23. The summed E-state index contributed by atoms with van der Waals surface area (Å²) < 4.78 is 2.22. The third-order valence-corrected chi connectivity index (χ3v) is 8.31. The zero-order chi connectivity index (χ0) is 27.6. The van der Waals surface area contributed by atoms with Gasteiger partial charge < -0.3 is 9.80 Å². The van der Waals surface area contributed by atoms with Crippen LogP contribution in [0.25, 0.3) is 38.6 Å². The van der Waals surface area contributed by atoms with Crippen LogP contribution in [0, 0.1) is 0 Å². The van der Waals surface area contributed by atoms with Crippen molar-refractivity contribution in [2.75, 3.05) is 16.5 Å². The van der Waals surface area contributed by atoms with Gasteiger partial charge in [0.2, 0.25) is 0 Å². The van der Waals surface area contributed by atoms with E-state index < -0.39 is 0 Å². The van der Waals surface area contributed by atoms with Crippen molar-refractivity contribution in [3.05, 3.63) is 133 Å². The molecule has 0 N–H and O–H groups in total. The van der Waals surface area contributed by atoms with E-state index in [4.69, 9.17) is 15.0 Å². The molecule has 0 aliphatic carbocycles. The molecule has 0 fully saturated rings. The predicted octanol–water partition coefficient (Wildman–Crippen LogP) is 7.67. The lowest BCUT2D eigenvalue weighted by atomic mass is 9.81. The maximum absolute atomic E-state index is 5.32. The van der Waals surface area contributed by atoms with E-state index >= 15 is 0 Å². The summed E-state index contributed by atoms with van der Waals surface area (Å²) in [6.07, 6.45) is 6.12. The van der Waals surface area contributed by atoms with E-state index in [1.807, 2.05) is 24.4 Å². The van der Waals surface area contributed by atoms with Gasteiger partial charge in [0.1, 0.15) is 16.7 Å². The standard InChI is InChI=1S/C35H28N6/c1-35(2,24-10-8-13-26(22-24)40-21-20-39(23-40)25-11-4-3-5-12-25)31-18-17-30-33(38-31)32-27(14-9-19-36-32)34-37-28-15-6-7-16-29(28)41(30)34/h3-22H,23H2,1-2H3. The molecule has 1 aliphatic heterocycles. The van der Waals surface area contributed by atoms with E-state index in [-0.39, 0.29) is 5.41 Å². The lowest BCUT2D eigenvalue weighted by molar-refractivity contribution is 0.620. The Morgan fingerprint density at radius 1 is 0.659 bits per heavy atom. The predicted molar refractivity (Wildman–Crippen MR) is 167 cm³/mol. The lowest BCUT2D eigenvalue weighted by Crippen LogP contribution is -2.25. The maximum Gasteiger partial charge on any atom is 0.148 e. The molecule has 0 spiro atoms. The first-order chi connectivity index (χ1) is 20.1. The Morgan fingerprint density at radius 2 is 1.44 bits per heavy atom. The van der Waals surface area contributed by atoms with Gasteiger partial charge in [0.05, 0.1) is 28.9 Å². The number of hydrogen-bond donors (Lipinski definition) is 0. The molecule has 0 bridgehead atoms. The molecule has 1 aliphatic rings. The highest BCUT2D eigenvalue weighted by Crippen LogP contribution is 2.36. The van der Waals surface area contributed by atoms with E-state index in [2.05, 4.69) is 125 Å². The average Bonchev–Trinajstić information content (AvgIpc) is 3.68. The summed E-state index contributed by atoms with van der Waals surface area (Å²) in [5, 5.41) is 1.00. The summed E-state index contributed by atoms with van der Waals surface area (Å²) in [6, 6.07) is 35.9. The molecule has 0 unspecified atom stereocenters. The summed E-state index contributed by atoms with van der Waals surface area (Å²) in [5.41, 5.74) is 9.94. The number of pyridine rings is 3. The molecular weight excluding hydrogens is 504 g/mol. The fourth-order valence-corrected chi connectivity index (χ4v) is 5.98. The molecule has 8 rings (SSSR count). The van der Waals surface area contributed by atoms with Crippen molar-refractivity contribution in [1.82, 2.24) is 19.4 Å². The third-order valence-electron chi connectivity index (χ3n) is 8.31. The van der Waals surface area contributed by atoms with E-state index in [0.29, 0.717) is 0 Å². The van der Waals surface area contributed by atoms with Crippen LogP contribution in [0.3, 0.4) is 0 Å². The molecule has 0 saturated carbocycles. The van der Waals surface area contributed by atoms with Crippen molar-refractivity contribution < 1.29 is 0 Å². The first-order valence-corrected chi connectivity index (χ1v) is 13.9. The van der Waals surface area contributed by atoms with Crippen molar-refractivity contribution in [1.29, 1.82) is 0 Å². The molecule has 198 valence electrons. The number of hydrogen-bond acceptors (Lipinski definition) is 5. The molecule has 6 nitrogen and oxygen atoms in total. The molecule has 5 heterocycles. The smallest absolute Gasteiger partial charge is 0.148 e. The van der Waals surface area contributed by atoms with Crippen LogP contribution >= 0.6 is 0 Å². The topological polar surface area (TPSA) is 49.6 Å². The zero-order valence-corrected chi connectivity index (χ0v) is 22.9. The minimum Gasteiger partial charge on any atom is -0.328 e. The SMILES string of the molecule is CC(C)(c1cccc(N2C=CN(c3ccccc3)C2)c1)c1ccc2c(n1)c1ncccc1c1nc3ccccc3n21. The molecule has 0 atom stereocenters. The van der Waals surface area contributed by atoms with Crippen LogP contribution in [0.4, 0.5) is 11.4 Å². The van der Waals surface area contributed by atoms with Crippen molar-refractivity contribution in [3.63, 3.8) is 0 Å². The average molecular weight is 533 g/mol. The van der Waals surface area contributed by atoms with Gasteiger partial charge in [-0.3, -0.25) is 9.38 Å². The van der Waals surface area contributed by atoms with Crippen molar-refractivity contribution in [3.8, 4) is 0 Å². The van der Waals surface area contributed by atoms with E-state index in [9.17, 15) is 0 Å². The number of aromatic nitrogens is 4. The van der Waals surface area contributed by atoms with E-state index in [0.717, 1.165) is 56.7 Å². The van der Waals surface area contributed by atoms with Crippen molar-refractivity contribution in [2.24, 2.45) is 0 Å². The molecule has 7 aromatic rings. The molecule has 3 aromatic carbocycles. The minimum atomic E-state index is -0.334. The van der Waals surface area contributed by atoms with Crippen LogP contribution in [0.5, 0.6) is 0 Å². The summed E-state index contributed by atoms with van der Waals surface area (Å²) in [7, 11) is 0. The second-order valence-electron chi connectivity index (χ2n) is 11.1. The first-order valence-electron chi connectivity index (χ1n) is 13.9. The third kappa shape index (κ3) is 3.68. The summed E-state index contributed by atoms with van der Waals surface area (Å²) in [6.45, 7) is 5.27. The van der Waals surface area contributed by atoms with Gasteiger partial charge in [0.15, 0.2) is 0 Å². The Bertz CT molecular complexity index is 2130. The highest BCUT2D eigenvalue weighted by atomic mass is 15.3. The van der Waals surface area contributed by atoms with Crippen LogP contribution in [-0.4, -0.2) is 26.0 Å². The normalized spacial score (nSPS) is 13.8.